The first-order valence-electron chi connectivity index (χ1n) is 17.7. The van der Waals surface area contributed by atoms with E-state index in [4.69, 9.17) is 4.18 Å². The van der Waals surface area contributed by atoms with E-state index in [1.165, 1.54) is 135 Å². The highest BCUT2D eigenvalue weighted by molar-refractivity contribution is 7.86. The summed E-state index contributed by atoms with van der Waals surface area (Å²) in [6.45, 7) is 9.58. The topological polar surface area (TPSA) is 78.4 Å². The van der Waals surface area contributed by atoms with Gasteiger partial charge in [0.05, 0.1) is 11.5 Å². The lowest BCUT2D eigenvalue weighted by Gasteiger charge is -2.17. The standard InChI is InChI=1S/C37H68O3S.H3N/c1-5-6-7-8-9-10-16-19-22-25-30-35-31-26-27-32-36(35)41(38,39)40-34-29-24-21-18-15-13-11-12-14-17-20-23-28-33-37(2,3)4;/h26-27,31-32H,5-25,28-30,33-34H2,1-4H3;1H3. The fraction of sp³-hybridized carbons (Fsp3) is 0.838. The number of benzene rings is 1. The Labute approximate surface area is 263 Å². The first kappa shape index (κ1) is 41.1. The second-order valence-electron chi connectivity index (χ2n) is 13.7. The average Bonchev–Trinajstić information content (AvgIpc) is 2.93. The molecule has 5 heteroatoms. The summed E-state index contributed by atoms with van der Waals surface area (Å²) >= 11 is 0. The highest BCUT2D eigenvalue weighted by atomic mass is 32.2. The molecule has 0 fully saturated rings. The molecule has 0 heterocycles. The molecule has 0 spiro atoms. The van der Waals surface area contributed by atoms with Crippen molar-refractivity contribution in [3.63, 3.8) is 0 Å². The highest BCUT2D eigenvalue weighted by Crippen LogP contribution is 2.23. The summed E-state index contributed by atoms with van der Waals surface area (Å²) in [6.07, 6.45) is 31.7. The van der Waals surface area contributed by atoms with Gasteiger partial charge in [0, 0.05) is 0 Å². The molecule has 1 aromatic rings. The van der Waals surface area contributed by atoms with Gasteiger partial charge in [-0.2, -0.15) is 8.42 Å². The predicted molar refractivity (Wildman–Crippen MR) is 184 cm³/mol. The fourth-order valence-corrected chi connectivity index (χ4v) is 6.89. The molecular formula is C37H71NO3S. The van der Waals surface area contributed by atoms with Crippen LogP contribution < -0.4 is 6.15 Å². The van der Waals surface area contributed by atoms with E-state index in [2.05, 4.69) is 27.7 Å². The lowest BCUT2D eigenvalue weighted by molar-refractivity contribution is 0.305. The minimum atomic E-state index is -3.68. The van der Waals surface area contributed by atoms with E-state index in [-0.39, 0.29) is 6.15 Å². The molecule has 0 saturated carbocycles. The summed E-state index contributed by atoms with van der Waals surface area (Å²) in [5.74, 6) is 0. The van der Waals surface area contributed by atoms with E-state index in [1.54, 1.807) is 6.07 Å². The Bertz CT molecular complexity index is 832. The molecule has 0 amide bonds. The van der Waals surface area contributed by atoms with Crippen LogP contribution in [0.3, 0.4) is 0 Å². The molecule has 0 aromatic heterocycles. The molecule has 42 heavy (non-hydrogen) atoms. The van der Waals surface area contributed by atoms with E-state index < -0.39 is 10.1 Å². The van der Waals surface area contributed by atoms with Crippen molar-refractivity contribution in [1.29, 1.82) is 0 Å². The lowest BCUT2D eigenvalue weighted by Crippen LogP contribution is -2.10. The first-order chi connectivity index (χ1) is 19.8. The van der Waals surface area contributed by atoms with Crippen molar-refractivity contribution in [1.82, 2.24) is 6.15 Å². The van der Waals surface area contributed by atoms with Crippen molar-refractivity contribution in [3.8, 4) is 0 Å². The maximum atomic E-state index is 12.9. The second-order valence-corrected chi connectivity index (χ2v) is 15.3. The van der Waals surface area contributed by atoms with Crippen molar-refractivity contribution in [2.45, 2.75) is 193 Å². The van der Waals surface area contributed by atoms with Crippen LogP contribution in [-0.2, 0) is 20.7 Å². The van der Waals surface area contributed by atoms with Crippen LogP contribution in [0.2, 0.25) is 0 Å². The Morgan fingerprint density at radius 3 is 1.45 bits per heavy atom. The summed E-state index contributed by atoms with van der Waals surface area (Å²) in [5.41, 5.74) is 1.40. The number of rotatable bonds is 28. The van der Waals surface area contributed by atoms with Crippen molar-refractivity contribution in [2.75, 3.05) is 6.61 Å². The zero-order valence-corrected chi connectivity index (χ0v) is 29.4. The van der Waals surface area contributed by atoms with Gasteiger partial charge >= 0.3 is 0 Å². The van der Waals surface area contributed by atoms with Gasteiger partial charge in [-0.05, 0) is 42.7 Å². The molecule has 0 aliphatic rings. The van der Waals surface area contributed by atoms with Crippen molar-refractivity contribution < 1.29 is 12.6 Å². The molecule has 0 radical (unpaired) electrons. The molecule has 1 rings (SSSR count). The molecular weight excluding hydrogens is 538 g/mol. The quantitative estimate of drug-likeness (QED) is 0.0757. The van der Waals surface area contributed by atoms with Crippen molar-refractivity contribution in [2.24, 2.45) is 5.41 Å². The van der Waals surface area contributed by atoms with Crippen LogP contribution >= 0.6 is 0 Å². The first-order valence-corrected chi connectivity index (χ1v) is 19.1. The van der Waals surface area contributed by atoms with Gasteiger partial charge in [-0.15, -0.1) is 0 Å². The Balaban J connectivity index is 0.0000168. The fourth-order valence-electron chi connectivity index (χ4n) is 5.69. The second kappa shape index (κ2) is 26.5. The van der Waals surface area contributed by atoms with Crippen LogP contribution in [0.15, 0.2) is 29.2 Å². The van der Waals surface area contributed by atoms with Crippen LogP contribution in [0.1, 0.15) is 187 Å². The summed E-state index contributed by atoms with van der Waals surface area (Å²) in [7, 11) is -3.68. The maximum Gasteiger partial charge on any atom is 0.297 e. The zero-order valence-electron chi connectivity index (χ0n) is 28.5. The minimum Gasteiger partial charge on any atom is -0.344 e. The SMILES string of the molecule is CCCCCCCCCCCCc1ccccc1S(=O)(=O)OCCCCCCCCCCCCCCCC(C)(C)C.N. The van der Waals surface area contributed by atoms with E-state index in [9.17, 15) is 8.42 Å². The summed E-state index contributed by atoms with van der Waals surface area (Å²) in [6, 6.07) is 7.43. The monoisotopic (exact) mass is 610 g/mol. The van der Waals surface area contributed by atoms with Crippen molar-refractivity contribution >= 4 is 10.1 Å². The normalized spacial score (nSPS) is 12.0. The Morgan fingerprint density at radius 2 is 0.976 bits per heavy atom. The minimum absolute atomic E-state index is 0. The van der Waals surface area contributed by atoms with E-state index in [1.807, 2.05) is 18.2 Å². The number of aryl methyl sites for hydroxylation is 1. The van der Waals surface area contributed by atoms with E-state index in [0.29, 0.717) is 16.9 Å². The zero-order chi connectivity index (χ0) is 30.1. The summed E-state index contributed by atoms with van der Waals surface area (Å²) in [4.78, 5) is 0.376. The van der Waals surface area contributed by atoms with Crippen LogP contribution in [-0.4, -0.2) is 15.0 Å². The van der Waals surface area contributed by atoms with E-state index in [0.717, 1.165) is 31.2 Å². The molecule has 4 nitrogen and oxygen atoms in total. The number of hydrogen-bond acceptors (Lipinski definition) is 4. The van der Waals surface area contributed by atoms with Crippen LogP contribution in [0.25, 0.3) is 0 Å². The van der Waals surface area contributed by atoms with Crippen LogP contribution in [0.5, 0.6) is 0 Å². The molecule has 0 aliphatic heterocycles. The Hall–Kier alpha value is -0.910. The third-order valence-corrected chi connectivity index (χ3v) is 9.77. The van der Waals surface area contributed by atoms with Gasteiger partial charge in [-0.3, -0.25) is 4.18 Å². The van der Waals surface area contributed by atoms with E-state index >= 15 is 0 Å². The number of unbranched alkanes of at least 4 members (excludes halogenated alkanes) is 21. The third kappa shape index (κ3) is 23.5. The van der Waals surface area contributed by atoms with Gasteiger partial charge in [0.25, 0.3) is 10.1 Å². The Kier molecular flexibility index (Phi) is 25.9. The van der Waals surface area contributed by atoms with Gasteiger partial charge in [-0.25, -0.2) is 0 Å². The molecule has 0 aliphatic carbocycles. The largest absolute Gasteiger partial charge is 0.344 e. The molecule has 0 bridgehead atoms. The van der Waals surface area contributed by atoms with Gasteiger partial charge in [0.1, 0.15) is 0 Å². The molecule has 1 aromatic carbocycles. The average molecular weight is 610 g/mol. The molecule has 248 valence electrons. The summed E-state index contributed by atoms with van der Waals surface area (Å²) in [5, 5.41) is 0. The maximum absolute atomic E-state index is 12.9. The van der Waals surface area contributed by atoms with Crippen molar-refractivity contribution in [3.05, 3.63) is 29.8 Å². The van der Waals surface area contributed by atoms with Gasteiger partial charge in [-0.1, -0.05) is 181 Å². The van der Waals surface area contributed by atoms with Gasteiger partial charge < -0.3 is 6.15 Å². The summed E-state index contributed by atoms with van der Waals surface area (Å²) < 4.78 is 31.2. The number of hydrogen-bond donors (Lipinski definition) is 1. The third-order valence-electron chi connectivity index (χ3n) is 8.35. The van der Waals surface area contributed by atoms with Gasteiger partial charge in [0.15, 0.2) is 0 Å². The highest BCUT2D eigenvalue weighted by Gasteiger charge is 2.18. The lowest BCUT2D eigenvalue weighted by atomic mass is 9.89. The molecule has 0 saturated heterocycles. The molecule has 0 atom stereocenters. The van der Waals surface area contributed by atoms with Crippen LogP contribution in [0, 0.1) is 5.41 Å². The molecule has 0 unspecified atom stereocenters. The van der Waals surface area contributed by atoms with Crippen LogP contribution in [0.4, 0.5) is 0 Å². The molecule has 3 N–H and O–H groups in total. The predicted octanol–water partition coefficient (Wildman–Crippen LogP) is 12.5. The van der Waals surface area contributed by atoms with Gasteiger partial charge in [0.2, 0.25) is 0 Å². The Morgan fingerprint density at radius 1 is 0.571 bits per heavy atom. The smallest absolute Gasteiger partial charge is 0.297 e.